The van der Waals surface area contributed by atoms with E-state index in [1.165, 1.54) is 11.8 Å². The van der Waals surface area contributed by atoms with Crippen LogP contribution < -0.4 is 10.1 Å². The number of rotatable bonds is 6. The second-order valence-corrected chi connectivity index (χ2v) is 5.48. The van der Waals surface area contributed by atoms with E-state index in [2.05, 4.69) is 15.3 Å². The maximum absolute atomic E-state index is 5.90. The van der Waals surface area contributed by atoms with Crippen molar-refractivity contribution in [1.29, 1.82) is 0 Å². The van der Waals surface area contributed by atoms with Gasteiger partial charge in [0.15, 0.2) is 5.16 Å². The van der Waals surface area contributed by atoms with Gasteiger partial charge < -0.3 is 10.1 Å². The summed E-state index contributed by atoms with van der Waals surface area (Å²) in [5.41, 5.74) is 0. The molecule has 0 atom stereocenters. The van der Waals surface area contributed by atoms with Gasteiger partial charge in [0.25, 0.3) is 0 Å². The minimum atomic E-state index is 0.557. The first-order chi connectivity index (χ1) is 9.76. The van der Waals surface area contributed by atoms with Crippen molar-refractivity contribution >= 4 is 29.3 Å². The molecule has 2 aromatic rings. The summed E-state index contributed by atoms with van der Waals surface area (Å²) in [7, 11) is 0. The summed E-state index contributed by atoms with van der Waals surface area (Å²) in [6, 6.07) is 9.74. The topological polar surface area (TPSA) is 47.0 Å². The fraction of sp³-hybridized carbons (Fsp3) is 0.286. The smallest absolute Gasteiger partial charge is 0.225 e. The Balaban J connectivity index is 2.30. The average molecular weight is 307 g/mol. The molecule has 4 nitrogen and oxygen atoms in total. The SMILES string of the molecule is CCNc1cc(Oc2ccccc2SC)nc(SC)n1. The normalized spacial score (nSPS) is 10.3. The zero-order valence-electron chi connectivity index (χ0n) is 11.7. The van der Waals surface area contributed by atoms with Gasteiger partial charge in [-0.25, -0.2) is 4.98 Å². The molecule has 106 valence electrons. The van der Waals surface area contributed by atoms with Gasteiger partial charge in [-0.3, -0.25) is 0 Å². The molecule has 0 aliphatic rings. The van der Waals surface area contributed by atoms with E-state index in [1.54, 1.807) is 11.8 Å². The highest BCUT2D eigenvalue weighted by Gasteiger charge is 2.08. The number of aromatic nitrogens is 2. The summed E-state index contributed by atoms with van der Waals surface area (Å²) < 4.78 is 5.90. The van der Waals surface area contributed by atoms with Crippen LogP contribution in [0.1, 0.15) is 6.92 Å². The van der Waals surface area contributed by atoms with Crippen LogP contribution in [0.25, 0.3) is 0 Å². The van der Waals surface area contributed by atoms with E-state index in [9.17, 15) is 0 Å². The van der Waals surface area contributed by atoms with Crippen molar-refractivity contribution < 1.29 is 4.74 Å². The number of nitrogens with zero attached hydrogens (tertiary/aromatic N) is 2. The highest BCUT2D eigenvalue weighted by molar-refractivity contribution is 7.98. The summed E-state index contributed by atoms with van der Waals surface area (Å²) in [5, 5.41) is 3.88. The van der Waals surface area contributed by atoms with Gasteiger partial charge in [0.05, 0.1) is 0 Å². The highest BCUT2D eigenvalue weighted by atomic mass is 32.2. The van der Waals surface area contributed by atoms with Gasteiger partial charge in [-0.2, -0.15) is 4.98 Å². The van der Waals surface area contributed by atoms with Crippen LogP contribution in [0.2, 0.25) is 0 Å². The minimum Gasteiger partial charge on any atom is -0.438 e. The molecule has 0 amide bonds. The van der Waals surface area contributed by atoms with Crippen molar-refractivity contribution in [2.24, 2.45) is 0 Å². The number of nitrogens with one attached hydrogen (secondary N) is 1. The summed E-state index contributed by atoms with van der Waals surface area (Å²) in [4.78, 5) is 9.85. The fourth-order valence-corrected chi connectivity index (χ4v) is 2.53. The molecule has 0 fully saturated rings. The number of anilines is 1. The van der Waals surface area contributed by atoms with E-state index >= 15 is 0 Å². The predicted molar refractivity (Wildman–Crippen MR) is 86.3 cm³/mol. The van der Waals surface area contributed by atoms with E-state index in [-0.39, 0.29) is 0 Å². The second kappa shape index (κ2) is 7.40. The molecule has 1 N–H and O–H groups in total. The van der Waals surface area contributed by atoms with Crippen LogP contribution in [0.15, 0.2) is 40.4 Å². The lowest BCUT2D eigenvalue weighted by Crippen LogP contribution is -2.02. The molecule has 0 bridgehead atoms. The van der Waals surface area contributed by atoms with Crippen LogP contribution in [0.5, 0.6) is 11.6 Å². The fourth-order valence-electron chi connectivity index (χ4n) is 1.63. The second-order valence-electron chi connectivity index (χ2n) is 3.86. The largest absolute Gasteiger partial charge is 0.438 e. The molecule has 0 aliphatic carbocycles. The van der Waals surface area contributed by atoms with E-state index in [0.29, 0.717) is 11.0 Å². The Morgan fingerprint density at radius 1 is 1.15 bits per heavy atom. The summed E-state index contributed by atoms with van der Waals surface area (Å²) in [6.45, 7) is 2.84. The number of thioether (sulfide) groups is 2. The third-order valence-electron chi connectivity index (χ3n) is 2.51. The lowest BCUT2D eigenvalue weighted by Gasteiger charge is -2.11. The zero-order valence-corrected chi connectivity index (χ0v) is 13.3. The van der Waals surface area contributed by atoms with Gasteiger partial charge in [0, 0.05) is 17.5 Å². The molecule has 2 rings (SSSR count). The van der Waals surface area contributed by atoms with Crippen molar-refractivity contribution in [1.82, 2.24) is 9.97 Å². The summed E-state index contributed by atoms with van der Waals surface area (Å²) in [6.07, 6.45) is 3.98. The van der Waals surface area contributed by atoms with Crippen molar-refractivity contribution in [3.8, 4) is 11.6 Å². The monoisotopic (exact) mass is 307 g/mol. The van der Waals surface area contributed by atoms with Crippen LogP contribution in [-0.2, 0) is 0 Å². The molecule has 1 aromatic heterocycles. The van der Waals surface area contributed by atoms with Gasteiger partial charge >= 0.3 is 0 Å². The number of hydrogen-bond acceptors (Lipinski definition) is 6. The maximum atomic E-state index is 5.90. The van der Waals surface area contributed by atoms with Crippen LogP contribution in [0, 0.1) is 0 Å². The molecule has 0 saturated heterocycles. The van der Waals surface area contributed by atoms with E-state index in [4.69, 9.17) is 4.74 Å². The molecule has 0 unspecified atom stereocenters. The van der Waals surface area contributed by atoms with Crippen molar-refractivity contribution in [2.75, 3.05) is 24.4 Å². The van der Waals surface area contributed by atoms with Crippen molar-refractivity contribution in [3.05, 3.63) is 30.3 Å². The Morgan fingerprint density at radius 2 is 1.95 bits per heavy atom. The Morgan fingerprint density at radius 3 is 2.65 bits per heavy atom. The number of hydrogen-bond donors (Lipinski definition) is 1. The molecular weight excluding hydrogens is 290 g/mol. The molecule has 0 radical (unpaired) electrons. The zero-order chi connectivity index (χ0) is 14.4. The average Bonchev–Trinajstić information content (AvgIpc) is 2.48. The minimum absolute atomic E-state index is 0.557. The molecular formula is C14H17N3OS2. The first-order valence-electron chi connectivity index (χ1n) is 6.24. The van der Waals surface area contributed by atoms with Gasteiger partial charge in [0.2, 0.25) is 5.88 Å². The van der Waals surface area contributed by atoms with Crippen LogP contribution in [-0.4, -0.2) is 29.0 Å². The van der Waals surface area contributed by atoms with E-state index < -0.39 is 0 Å². The molecule has 6 heteroatoms. The van der Waals surface area contributed by atoms with Gasteiger partial charge in [-0.1, -0.05) is 23.9 Å². The quantitative estimate of drug-likeness (QED) is 0.639. The van der Waals surface area contributed by atoms with E-state index in [0.717, 1.165) is 23.0 Å². The van der Waals surface area contributed by atoms with Crippen LogP contribution in [0.4, 0.5) is 5.82 Å². The Labute approximate surface area is 127 Å². The third kappa shape index (κ3) is 3.80. The Hall–Kier alpha value is -1.40. The summed E-state index contributed by atoms with van der Waals surface area (Å²) in [5.74, 6) is 2.15. The molecule has 0 aliphatic heterocycles. The number of ether oxygens (including phenoxy) is 1. The van der Waals surface area contributed by atoms with E-state index in [1.807, 2.05) is 49.8 Å². The first kappa shape index (κ1) is 15.0. The number of para-hydroxylation sites is 1. The molecule has 0 spiro atoms. The lowest BCUT2D eigenvalue weighted by molar-refractivity contribution is 0.446. The Bertz CT molecular complexity index is 578. The predicted octanol–water partition coefficient (Wildman–Crippen LogP) is 4.14. The third-order valence-corrected chi connectivity index (χ3v) is 3.83. The van der Waals surface area contributed by atoms with Crippen LogP contribution in [0.3, 0.4) is 0 Å². The highest BCUT2D eigenvalue weighted by Crippen LogP contribution is 2.31. The van der Waals surface area contributed by atoms with Gasteiger partial charge in [0.1, 0.15) is 11.6 Å². The molecule has 1 aromatic carbocycles. The van der Waals surface area contributed by atoms with Gasteiger partial charge in [-0.15, -0.1) is 11.8 Å². The lowest BCUT2D eigenvalue weighted by atomic mass is 10.3. The Kier molecular flexibility index (Phi) is 5.55. The summed E-state index contributed by atoms with van der Waals surface area (Å²) >= 11 is 3.15. The molecule has 20 heavy (non-hydrogen) atoms. The maximum Gasteiger partial charge on any atom is 0.225 e. The first-order valence-corrected chi connectivity index (χ1v) is 8.69. The molecule has 1 heterocycles. The molecule has 0 saturated carbocycles. The number of benzene rings is 1. The van der Waals surface area contributed by atoms with Crippen molar-refractivity contribution in [2.45, 2.75) is 17.0 Å². The van der Waals surface area contributed by atoms with Crippen LogP contribution >= 0.6 is 23.5 Å². The van der Waals surface area contributed by atoms with Crippen molar-refractivity contribution in [3.63, 3.8) is 0 Å². The standard InChI is InChI=1S/C14H17N3OS2/c1-4-15-12-9-13(17-14(16-12)20-3)18-10-7-5-6-8-11(10)19-2/h5-9H,4H2,1-3H3,(H,15,16,17). The van der Waals surface area contributed by atoms with Gasteiger partial charge in [-0.05, 0) is 31.6 Å².